The van der Waals surface area contributed by atoms with E-state index in [0.29, 0.717) is 12.5 Å². The molecule has 128 valence electrons. The van der Waals surface area contributed by atoms with Crippen molar-refractivity contribution in [1.29, 1.82) is 0 Å². The van der Waals surface area contributed by atoms with Gasteiger partial charge in [0.05, 0.1) is 0 Å². The largest absolute Gasteiger partial charge is 0.370 e. The molecule has 1 aliphatic heterocycles. The van der Waals surface area contributed by atoms with Crippen molar-refractivity contribution in [2.45, 2.75) is 13.0 Å². The molecule has 1 aliphatic rings. The molecule has 1 aromatic carbocycles. The maximum Gasteiger partial charge on any atom is 0.252 e. The quantitative estimate of drug-likeness (QED) is 0.753. The van der Waals surface area contributed by atoms with Crippen molar-refractivity contribution < 1.29 is 0 Å². The highest BCUT2D eigenvalue weighted by molar-refractivity contribution is 5.78. The highest BCUT2D eigenvalue weighted by Gasteiger charge is 2.23. The fraction of sp³-hybridized carbons (Fsp3) is 0.300. The Morgan fingerprint density at radius 1 is 1.20 bits per heavy atom. The minimum Gasteiger partial charge on any atom is -0.370 e. The van der Waals surface area contributed by atoms with Crippen molar-refractivity contribution in [3.05, 3.63) is 70.6 Å². The smallest absolute Gasteiger partial charge is 0.252 e. The zero-order valence-electron chi connectivity index (χ0n) is 14.1. The van der Waals surface area contributed by atoms with Crippen LogP contribution < -0.4 is 10.9 Å². The summed E-state index contributed by atoms with van der Waals surface area (Å²) in [6.07, 6.45) is 2.95. The van der Waals surface area contributed by atoms with Gasteiger partial charge in [0, 0.05) is 36.9 Å². The lowest BCUT2D eigenvalue weighted by molar-refractivity contribution is 0.317. The molecule has 5 nitrogen and oxygen atoms in total. The lowest BCUT2D eigenvalue weighted by atomic mass is 10.1. The number of aromatic amines is 1. The van der Waals surface area contributed by atoms with E-state index in [0.717, 1.165) is 48.3 Å². The van der Waals surface area contributed by atoms with Crippen LogP contribution in [0.2, 0.25) is 0 Å². The molecule has 2 N–H and O–H groups in total. The maximum absolute atomic E-state index is 12.3. The molecular formula is C20H22N4O. The highest BCUT2D eigenvalue weighted by Crippen LogP contribution is 2.19. The molecule has 0 aliphatic carbocycles. The van der Waals surface area contributed by atoms with Crippen LogP contribution in [0.5, 0.6) is 0 Å². The van der Waals surface area contributed by atoms with Crippen molar-refractivity contribution in [2.75, 3.05) is 25.0 Å². The summed E-state index contributed by atoms with van der Waals surface area (Å²) < 4.78 is 0. The van der Waals surface area contributed by atoms with Crippen LogP contribution in [0.25, 0.3) is 10.9 Å². The summed E-state index contributed by atoms with van der Waals surface area (Å²) in [6.45, 7) is 3.66. The van der Waals surface area contributed by atoms with Gasteiger partial charge in [-0.05, 0) is 48.5 Å². The zero-order chi connectivity index (χ0) is 17.1. The van der Waals surface area contributed by atoms with E-state index in [1.807, 2.05) is 48.5 Å². The Balaban J connectivity index is 1.38. The SMILES string of the molecule is O=c1[nH]c2ccccc2cc1CN1CCC(CNc2ccccn2)C1. The van der Waals surface area contributed by atoms with Crippen molar-refractivity contribution in [1.82, 2.24) is 14.9 Å². The molecule has 3 heterocycles. The second-order valence-electron chi connectivity index (χ2n) is 6.70. The van der Waals surface area contributed by atoms with Crippen LogP contribution in [0.1, 0.15) is 12.0 Å². The van der Waals surface area contributed by atoms with Crippen LogP contribution in [0, 0.1) is 5.92 Å². The first-order chi connectivity index (χ1) is 12.3. The van der Waals surface area contributed by atoms with Crippen LogP contribution in [-0.2, 0) is 6.54 Å². The minimum atomic E-state index is 0.0220. The first kappa shape index (κ1) is 15.8. The summed E-state index contributed by atoms with van der Waals surface area (Å²) in [5.74, 6) is 1.51. The van der Waals surface area contributed by atoms with E-state index < -0.39 is 0 Å². The van der Waals surface area contributed by atoms with Crippen molar-refractivity contribution >= 4 is 16.7 Å². The summed E-state index contributed by atoms with van der Waals surface area (Å²) in [5, 5.41) is 4.49. The lowest BCUT2D eigenvalue weighted by Crippen LogP contribution is -2.26. The molecule has 0 radical (unpaired) electrons. The number of hydrogen-bond donors (Lipinski definition) is 2. The van der Waals surface area contributed by atoms with Gasteiger partial charge in [0.1, 0.15) is 5.82 Å². The molecular weight excluding hydrogens is 312 g/mol. The fourth-order valence-electron chi connectivity index (χ4n) is 3.49. The number of hydrogen-bond acceptors (Lipinski definition) is 4. The molecule has 0 bridgehead atoms. The van der Waals surface area contributed by atoms with E-state index in [9.17, 15) is 4.79 Å². The summed E-state index contributed by atoms with van der Waals surface area (Å²) in [6, 6.07) is 15.8. The van der Waals surface area contributed by atoms with E-state index in [2.05, 4.69) is 20.2 Å². The minimum absolute atomic E-state index is 0.0220. The van der Waals surface area contributed by atoms with Gasteiger partial charge in [0.25, 0.3) is 5.56 Å². The molecule has 0 saturated carbocycles. The van der Waals surface area contributed by atoms with Gasteiger partial charge in [-0.25, -0.2) is 4.98 Å². The van der Waals surface area contributed by atoms with Gasteiger partial charge in [-0.2, -0.15) is 0 Å². The molecule has 25 heavy (non-hydrogen) atoms. The molecule has 4 rings (SSSR count). The zero-order valence-corrected chi connectivity index (χ0v) is 14.1. The Morgan fingerprint density at radius 2 is 2.08 bits per heavy atom. The Labute approximate surface area is 146 Å². The third-order valence-electron chi connectivity index (χ3n) is 4.83. The van der Waals surface area contributed by atoms with Crippen LogP contribution in [0.15, 0.2) is 59.5 Å². The molecule has 1 unspecified atom stereocenters. The van der Waals surface area contributed by atoms with E-state index in [1.165, 1.54) is 0 Å². The topological polar surface area (TPSA) is 61.0 Å². The van der Waals surface area contributed by atoms with E-state index >= 15 is 0 Å². The Morgan fingerprint density at radius 3 is 2.96 bits per heavy atom. The van der Waals surface area contributed by atoms with Gasteiger partial charge < -0.3 is 10.3 Å². The molecule has 2 aromatic heterocycles. The molecule has 0 amide bonds. The van der Waals surface area contributed by atoms with Crippen LogP contribution in [-0.4, -0.2) is 34.5 Å². The number of aromatic nitrogens is 2. The summed E-state index contributed by atoms with van der Waals surface area (Å²) >= 11 is 0. The highest BCUT2D eigenvalue weighted by atomic mass is 16.1. The van der Waals surface area contributed by atoms with Gasteiger partial charge >= 0.3 is 0 Å². The standard InChI is InChI=1S/C20H22N4O/c25-20-17(11-16-5-1-2-6-18(16)23-20)14-24-10-8-15(13-24)12-22-19-7-3-4-9-21-19/h1-7,9,11,15H,8,10,12-14H2,(H,21,22)(H,23,25). The Kier molecular flexibility index (Phi) is 4.48. The predicted octanol–water partition coefficient (Wildman–Crippen LogP) is 2.86. The Hall–Kier alpha value is -2.66. The van der Waals surface area contributed by atoms with Crippen molar-refractivity contribution in [3.8, 4) is 0 Å². The van der Waals surface area contributed by atoms with E-state index in [-0.39, 0.29) is 5.56 Å². The fourth-order valence-corrected chi connectivity index (χ4v) is 3.49. The number of para-hydroxylation sites is 1. The van der Waals surface area contributed by atoms with E-state index in [1.54, 1.807) is 6.20 Å². The second-order valence-corrected chi connectivity index (χ2v) is 6.70. The molecule has 1 saturated heterocycles. The third kappa shape index (κ3) is 3.72. The summed E-state index contributed by atoms with van der Waals surface area (Å²) in [5.41, 5.74) is 1.76. The first-order valence-corrected chi connectivity index (χ1v) is 8.76. The number of fused-ring (bicyclic) bond motifs is 1. The van der Waals surface area contributed by atoms with Crippen LogP contribution in [0.4, 0.5) is 5.82 Å². The number of pyridine rings is 2. The van der Waals surface area contributed by atoms with Gasteiger partial charge in [-0.3, -0.25) is 9.69 Å². The number of nitrogens with zero attached hydrogens (tertiary/aromatic N) is 2. The van der Waals surface area contributed by atoms with Gasteiger partial charge in [-0.1, -0.05) is 24.3 Å². The second kappa shape index (κ2) is 7.07. The average Bonchev–Trinajstić information content (AvgIpc) is 3.09. The first-order valence-electron chi connectivity index (χ1n) is 8.76. The van der Waals surface area contributed by atoms with Crippen molar-refractivity contribution in [3.63, 3.8) is 0 Å². The predicted molar refractivity (Wildman–Crippen MR) is 101 cm³/mol. The lowest BCUT2D eigenvalue weighted by Gasteiger charge is -2.16. The number of likely N-dealkylation sites (tertiary alicyclic amines) is 1. The summed E-state index contributed by atoms with van der Waals surface area (Å²) in [7, 11) is 0. The average molecular weight is 334 g/mol. The maximum atomic E-state index is 12.3. The number of benzene rings is 1. The van der Waals surface area contributed by atoms with Gasteiger partial charge in [0.2, 0.25) is 0 Å². The summed E-state index contributed by atoms with van der Waals surface area (Å²) in [4.78, 5) is 22.0. The van der Waals surface area contributed by atoms with E-state index in [4.69, 9.17) is 0 Å². The molecule has 3 aromatic rings. The Bertz CT molecular complexity index is 906. The van der Waals surface area contributed by atoms with Crippen molar-refractivity contribution in [2.24, 2.45) is 5.92 Å². The molecule has 0 spiro atoms. The number of nitrogens with one attached hydrogen (secondary N) is 2. The van der Waals surface area contributed by atoms with Gasteiger partial charge in [0.15, 0.2) is 0 Å². The van der Waals surface area contributed by atoms with Crippen LogP contribution in [0.3, 0.4) is 0 Å². The number of anilines is 1. The number of H-pyrrole nitrogens is 1. The molecule has 1 fully saturated rings. The van der Waals surface area contributed by atoms with Crippen LogP contribution >= 0.6 is 0 Å². The number of rotatable bonds is 5. The molecule has 5 heteroatoms. The normalized spacial score (nSPS) is 17.8. The third-order valence-corrected chi connectivity index (χ3v) is 4.83. The van der Waals surface area contributed by atoms with Gasteiger partial charge in [-0.15, -0.1) is 0 Å². The monoisotopic (exact) mass is 334 g/mol. The molecule has 1 atom stereocenters.